The van der Waals surface area contributed by atoms with Crippen LogP contribution in [0.2, 0.25) is 0 Å². The molecule has 0 atom stereocenters. The third-order valence-corrected chi connectivity index (χ3v) is 4.30. The molecule has 3 nitrogen and oxygen atoms in total. The van der Waals surface area contributed by atoms with Gasteiger partial charge in [0.1, 0.15) is 5.75 Å². The van der Waals surface area contributed by atoms with Gasteiger partial charge in [0, 0.05) is 28.2 Å². The summed E-state index contributed by atoms with van der Waals surface area (Å²) in [7, 11) is 0. The number of hydrogen-bond acceptors (Lipinski definition) is 3. The zero-order valence-electron chi connectivity index (χ0n) is 11.9. The standard InChI is InChI=1S/C15H14ClF2NO2S/c1-14(2,12-7-4-8-22-12)13(20)19-10-5-3-6-11(9-10)21-15(16,17)18/h3-9H,1-2H3,(H,19,20). The molecular weight excluding hydrogens is 332 g/mol. The molecule has 1 N–H and O–H groups in total. The summed E-state index contributed by atoms with van der Waals surface area (Å²) >= 11 is 6.20. The number of alkyl halides is 3. The lowest BCUT2D eigenvalue weighted by molar-refractivity contribution is -0.120. The minimum absolute atomic E-state index is 0.133. The number of hydrogen-bond donors (Lipinski definition) is 1. The number of carbonyl (C=O) groups excluding carboxylic acids is 1. The molecule has 22 heavy (non-hydrogen) atoms. The van der Waals surface area contributed by atoms with Gasteiger partial charge in [0.2, 0.25) is 5.91 Å². The van der Waals surface area contributed by atoms with Crippen LogP contribution in [0.15, 0.2) is 41.8 Å². The van der Waals surface area contributed by atoms with Crippen LogP contribution in [-0.2, 0) is 10.2 Å². The normalized spacial score (nSPS) is 12.0. The van der Waals surface area contributed by atoms with Crippen molar-refractivity contribution in [2.45, 2.75) is 24.8 Å². The molecule has 2 rings (SSSR count). The Morgan fingerprint density at radius 2 is 2.00 bits per heavy atom. The van der Waals surface area contributed by atoms with Crippen LogP contribution in [-0.4, -0.2) is 11.5 Å². The first-order chi connectivity index (χ1) is 10.2. The number of halogens is 3. The topological polar surface area (TPSA) is 38.3 Å². The van der Waals surface area contributed by atoms with Gasteiger partial charge in [-0.1, -0.05) is 12.1 Å². The molecule has 0 bridgehead atoms. The number of anilines is 1. The quantitative estimate of drug-likeness (QED) is 0.788. The van der Waals surface area contributed by atoms with Crippen LogP contribution in [0.4, 0.5) is 14.5 Å². The predicted molar refractivity (Wildman–Crippen MR) is 83.8 cm³/mol. The molecule has 0 saturated heterocycles. The summed E-state index contributed by atoms with van der Waals surface area (Å²) in [5.41, 5.74) is -4.17. The van der Waals surface area contributed by atoms with E-state index in [1.807, 2.05) is 17.5 Å². The third kappa shape index (κ3) is 4.18. The summed E-state index contributed by atoms with van der Waals surface area (Å²) in [6, 6.07) is 9.44. The van der Waals surface area contributed by atoms with Gasteiger partial charge in [0.05, 0.1) is 5.41 Å². The number of ether oxygens (including phenoxy) is 1. The molecule has 1 heterocycles. The summed E-state index contributed by atoms with van der Waals surface area (Å²) < 4.78 is 29.5. The van der Waals surface area contributed by atoms with E-state index >= 15 is 0 Å². The average molecular weight is 346 g/mol. The van der Waals surface area contributed by atoms with Crippen LogP contribution in [0.3, 0.4) is 0 Å². The summed E-state index contributed by atoms with van der Waals surface area (Å²) in [5, 5.41) is 4.59. The second-order valence-corrected chi connectivity index (χ2v) is 6.52. The van der Waals surface area contributed by atoms with E-state index in [0.29, 0.717) is 5.69 Å². The van der Waals surface area contributed by atoms with Crippen LogP contribution in [0.25, 0.3) is 0 Å². The number of thiophene rings is 1. The van der Waals surface area contributed by atoms with Gasteiger partial charge < -0.3 is 10.1 Å². The van der Waals surface area contributed by atoms with Crippen LogP contribution < -0.4 is 10.1 Å². The first kappa shape index (κ1) is 16.7. The molecule has 0 aliphatic heterocycles. The lowest BCUT2D eigenvalue weighted by Gasteiger charge is -2.22. The van der Waals surface area contributed by atoms with Crippen molar-refractivity contribution in [2.75, 3.05) is 5.32 Å². The van der Waals surface area contributed by atoms with Gasteiger partial charge in [-0.25, -0.2) is 0 Å². The Morgan fingerprint density at radius 3 is 2.59 bits per heavy atom. The maximum atomic E-state index is 12.6. The van der Waals surface area contributed by atoms with E-state index in [0.717, 1.165) is 4.88 Å². The maximum absolute atomic E-state index is 12.6. The summed E-state index contributed by atoms with van der Waals surface area (Å²) in [4.78, 5) is 13.3. The Bertz CT molecular complexity index is 654. The highest BCUT2D eigenvalue weighted by molar-refractivity contribution is 7.10. The molecule has 0 unspecified atom stereocenters. The monoisotopic (exact) mass is 345 g/mol. The molecule has 118 valence electrons. The zero-order valence-corrected chi connectivity index (χ0v) is 13.5. The summed E-state index contributed by atoms with van der Waals surface area (Å²) in [6.45, 7) is 3.59. The van der Waals surface area contributed by atoms with E-state index in [2.05, 4.69) is 10.1 Å². The van der Waals surface area contributed by atoms with Gasteiger partial charge in [0.15, 0.2) is 0 Å². The SMILES string of the molecule is CC(C)(C(=O)Nc1cccc(OC(F)(F)Cl)c1)c1cccs1. The molecule has 1 aromatic heterocycles. The molecule has 0 spiro atoms. The van der Waals surface area contributed by atoms with Crippen molar-refractivity contribution in [3.05, 3.63) is 46.7 Å². The van der Waals surface area contributed by atoms with E-state index in [1.165, 1.54) is 29.5 Å². The Labute approximate surface area is 135 Å². The minimum atomic E-state index is -3.79. The molecule has 0 saturated carbocycles. The van der Waals surface area contributed by atoms with Gasteiger partial charge in [-0.15, -0.1) is 20.1 Å². The molecule has 1 amide bonds. The van der Waals surface area contributed by atoms with E-state index < -0.39 is 11.0 Å². The average Bonchev–Trinajstić information content (AvgIpc) is 2.91. The van der Waals surface area contributed by atoms with Crippen molar-refractivity contribution in [2.24, 2.45) is 0 Å². The fourth-order valence-electron chi connectivity index (χ4n) is 1.80. The number of rotatable bonds is 5. The van der Waals surface area contributed by atoms with Crippen LogP contribution in [0.1, 0.15) is 18.7 Å². The van der Waals surface area contributed by atoms with Crippen molar-refractivity contribution in [3.8, 4) is 5.75 Å². The maximum Gasteiger partial charge on any atom is 0.487 e. The molecule has 1 aromatic carbocycles. The molecule has 2 aromatic rings. The molecule has 7 heteroatoms. The fourth-order valence-corrected chi connectivity index (χ4v) is 2.74. The molecular formula is C15H14ClF2NO2S. The van der Waals surface area contributed by atoms with Gasteiger partial charge in [-0.05, 0) is 37.4 Å². The number of benzene rings is 1. The largest absolute Gasteiger partial charge is 0.487 e. The highest BCUT2D eigenvalue weighted by atomic mass is 35.5. The van der Waals surface area contributed by atoms with Crippen LogP contribution >= 0.6 is 22.9 Å². The third-order valence-electron chi connectivity index (χ3n) is 3.03. The van der Waals surface area contributed by atoms with Crippen molar-refractivity contribution in [3.63, 3.8) is 0 Å². The fraction of sp³-hybridized carbons (Fsp3) is 0.267. The number of carbonyl (C=O) groups is 1. The number of nitrogens with one attached hydrogen (secondary N) is 1. The van der Waals surface area contributed by atoms with Crippen molar-refractivity contribution >= 4 is 34.5 Å². The van der Waals surface area contributed by atoms with Gasteiger partial charge in [-0.2, -0.15) is 0 Å². The van der Waals surface area contributed by atoms with Crippen LogP contribution in [0, 0.1) is 0 Å². The van der Waals surface area contributed by atoms with E-state index in [-0.39, 0.29) is 11.7 Å². The van der Waals surface area contributed by atoms with Crippen LogP contribution in [0.5, 0.6) is 5.75 Å². The summed E-state index contributed by atoms with van der Waals surface area (Å²) in [6.07, 6.45) is 0. The molecule has 0 fully saturated rings. The van der Waals surface area contributed by atoms with Gasteiger partial charge in [0.25, 0.3) is 0 Å². The first-order valence-corrected chi connectivity index (χ1v) is 7.65. The Morgan fingerprint density at radius 1 is 1.27 bits per heavy atom. The van der Waals surface area contributed by atoms with E-state index in [1.54, 1.807) is 19.9 Å². The molecule has 0 radical (unpaired) electrons. The Balaban J connectivity index is 2.14. The highest BCUT2D eigenvalue weighted by Crippen LogP contribution is 2.30. The van der Waals surface area contributed by atoms with Gasteiger partial charge in [-0.3, -0.25) is 4.79 Å². The smallest absolute Gasteiger partial charge is 0.420 e. The van der Waals surface area contributed by atoms with Crippen molar-refractivity contribution < 1.29 is 18.3 Å². The van der Waals surface area contributed by atoms with E-state index in [9.17, 15) is 13.6 Å². The second kappa shape index (κ2) is 6.22. The van der Waals surface area contributed by atoms with Crippen molar-refractivity contribution in [1.29, 1.82) is 0 Å². The second-order valence-electron chi connectivity index (χ2n) is 5.13. The zero-order chi connectivity index (χ0) is 16.4. The van der Waals surface area contributed by atoms with E-state index in [4.69, 9.17) is 11.6 Å². The Hall–Kier alpha value is -1.66. The summed E-state index contributed by atoms with van der Waals surface area (Å²) in [5.74, 6) is -0.378. The first-order valence-electron chi connectivity index (χ1n) is 6.40. The van der Waals surface area contributed by atoms with Crippen molar-refractivity contribution in [1.82, 2.24) is 0 Å². The lowest BCUT2D eigenvalue weighted by atomic mass is 9.90. The molecule has 0 aliphatic carbocycles. The number of amides is 1. The molecule has 0 aliphatic rings. The Kier molecular flexibility index (Phi) is 4.72. The van der Waals surface area contributed by atoms with Gasteiger partial charge >= 0.3 is 5.57 Å². The predicted octanol–water partition coefficient (Wildman–Crippen LogP) is 4.83. The highest BCUT2D eigenvalue weighted by Gasteiger charge is 2.31. The minimum Gasteiger partial charge on any atom is -0.420 e. The lowest BCUT2D eigenvalue weighted by Crippen LogP contribution is -2.33.